The van der Waals surface area contributed by atoms with Gasteiger partial charge in [-0.1, -0.05) is 18.6 Å². The third-order valence-electron chi connectivity index (χ3n) is 7.88. The van der Waals surface area contributed by atoms with Gasteiger partial charge in [-0.3, -0.25) is 4.79 Å². The number of piperidine rings is 2. The van der Waals surface area contributed by atoms with Crippen LogP contribution in [0.4, 0.5) is 22.1 Å². The lowest BCUT2D eigenvalue weighted by Crippen LogP contribution is -2.44. The van der Waals surface area contributed by atoms with Crippen molar-refractivity contribution < 1.29 is 9.59 Å². The van der Waals surface area contributed by atoms with Gasteiger partial charge in [0.2, 0.25) is 0 Å². The minimum Gasteiger partial charge on any atom is -0.364 e. The highest BCUT2D eigenvalue weighted by Gasteiger charge is 2.29. The molecule has 0 spiro atoms. The molecule has 5 rings (SSSR count). The number of rotatable bonds is 6. The number of urea groups is 1. The third-order valence-corrected chi connectivity index (χ3v) is 7.88. The van der Waals surface area contributed by atoms with Crippen LogP contribution in [0.5, 0.6) is 0 Å². The molecule has 5 N–H and O–H groups in total. The maximum atomic E-state index is 11.9. The molecule has 2 aliphatic heterocycles. The summed E-state index contributed by atoms with van der Waals surface area (Å²) in [5.41, 5.74) is 12.8. The van der Waals surface area contributed by atoms with E-state index >= 15 is 0 Å². The van der Waals surface area contributed by atoms with E-state index in [1.165, 1.54) is 62.1 Å². The van der Waals surface area contributed by atoms with E-state index in [9.17, 15) is 9.59 Å². The van der Waals surface area contributed by atoms with Crippen LogP contribution in [-0.4, -0.2) is 78.0 Å². The molecule has 2 saturated heterocycles. The van der Waals surface area contributed by atoms with Crippen molar-refractivity contribution in [1.29, 1.82) is 0 Å². The van der Waals surface area contributed by atoms with E-state index in [0.717, 1.165) is 43.5 Å². The molecular formula is C28H42N8O2. The topological polar surface area (TPSA) is 134 Å². The number of hydrogen-bond donors (Lipinski definition) is 3. The minimum absolute atomic E-state index is 0.179. The van der Waals surface area contributed by atoms with E-state index in [2.05, 4.69) is 44.4 Å². The van der Waals surface area contributed by atoms with Crippen LogP contribution in [-0.2, 0) is 0 Å². The van der Waals surface area contributed by atoms with E-state index in [4.69, 9.17) is 16.5 Å². The van der Waals surface area contributed by atoms with Gasteiger partial charge in [0.25, 0.3) is 5.91 Å². The summed E-state index contributed by atoms with van der Waals surface area (Å²) >= 11 is 0. The van der Waals surface area contributed by atoms with Gasteiger partial charge in [0, 0.05) is 38.9 Å². The molecule has 1 aromatic carbocycles. The second kappa shape index (κ2) is 12.9. The normalized spacial score (nSPS) is 18.6. The number of carbonyl (C=O) groups excluding carboxylic acids is 2. The summed E-state index contributed by atoms with van der Waals surface area (Å²) in [6, 6.07) is 9.01. The van der Waals surface area contributed by atoms with E-state index in [1.807, 2.05) is 0 Å². The Morgan fingerprint density at radius 3 is 2.08 bits per heavy atom. The van der Waals surface area contributed by atoms with Crippen molar-refractivity contribution in [3.8, 4) is 0 Å². The van der Waals surface area contributed by atoms with Gasteiger partial charge in [-0.25, -0.2) is 14.8 Å². The molecule has 0 radical (unpaired) electrons. The number of nitrogens with one attached hydrogen (secondary N) is 1. The molecule has 10 nitrogen and oxygen atoms in total. The number of nitrogens with two attached hydrogens (primary N) is 2. The maximum Gasteiger partial charge on any atom is 0.314 e. The Kier molecular flexibility index (Phi) is 9.38. The number of hydrogen-bond acceptors (Lipinski definition) is 7. The molecule has 0 atom stereocenters. The number of amides is 3. The van der Waals surface area contributed by atoms with Crippen LogP contribution in [0.2, 0.25) is 0 Å². The first-order valence-corrected chi connectivity index (χ1v) is 13.8. The van der Waals surface area contributed by atoms with E-state index in [1.54, 1.807) is 20.3 Å². The van der Waals surface area contributed by atoms with Crippen molar-refractivity contribution in [3.63, 3.8) is 0 Å². The molecule has 0 bridgehead atoms. The third kappa shape index (κ3) is 7.12. The van der Waals surface area contributed by atoms with Crippen molar-refractivity contribution in [2.45, 2.75) is 63.3 Å². The molecule has 1 saturated carbocycles. The molecule has 38 heavy (non-hydrogen) atoms. The summed E-state index contributed by atoms with van der Waals surface area (Å²) in [5.74, 6) is 1.29. The first-order valence-electron chi connectivity index (χ1n) is 13.8. The standard InChI is InChI=1S/C25H34N6O.C3H8N2O/c26-24(32)23-25(29-22(17-27-23)31-13-2-1-3-14-31)28-20-9-7-18(8-10-20)19-11-15-30(16-12-19)21-5-4-6-21;1-5(2)3(4)6/h7-10,17,19,21H,1-6,11-16H2,(H2,26,32)(H,28,29);1-2H3,(H2,4,6). The Balaban J connectivity index is 0.000000505. The monoisotopic (exact) mass is 522 g/mol. The van der Waals surface area contributed by atoms with E-state index < -0.39 is 11.9 Å². The highest BCUT2D eigenvalue weighted by Crippen LogP contribution is 2.34. The fourth-order valence-corrected chi connectivity index (χ4v) is 5.25. The number of likely N-dealkylation sites (tertiary alicyclic amines) is 1. The number of primary amides is 2. The Morgan fingerprint density at radius 2 is 1.55 bits per heavy atom. The number of aromatic nitrogens is 2. The molecule has 10 heteroatoms. The zero-order valence-corrected chi connectivity index (χ0v) is 22.7. The lowest BCUT2D eigenvalue weighted by atomic mass is 9.85. The van der Waals surface area contributed by atoms with Crippen LogP contribution in [0.3, 0.4) is 0 Å². The Hall–Kier alpha value is -3.40. The highest BCUT2D eigenvalue weighted by molar-refractivity contribution is 5.96. The second-order valence-electron chi connectivity index (χ2n) is 10.7. The van der Waals surface area contributed by atoms with Crippen molar-refractivity contribution >= 4 is 29.3 Å². The molecule has 2 aromatic rings. The summed E-state index contributed by atoms with van der Waals surface area (Å²) in [4.78, 5) is 37.0. The predicted molar refractivity (Wildman–Crippen MR) is 151 cm³/mol. The number of anilines is 3. The molecular weight excluding hydrogens is 480 g/mol. The largest absolute Gasteiger partial charge is 0.364 e. The van der Waals surface area contributed by atoms with Crippen molar-refractivity contribution in [3.05, 3.63) is 41.7 Å². The second-order valence-corrected chi connectivity index (χ2v) is 10.7. The summed E-state index contributed by atoms with van der Waals surface area (Å²) < 4.78 is 0. The molecule has 3 fully saturated rings. The van der Waals surface area contributed by atoms with E-state index in [-0.39, 0.29) is 5.69 Å². The van der Waals surface area contributed by atoms with E-state index in [0.29, 0.717) is 11.7 Å². The van der Waals surface area contributed by atoms with Crippen LogP contribution < -0.4 is 21.7 Å². The van der Waals surface area contributed by atoms with Gasteiger partial charge in [-0.2, -0.15) is 0 Å². The lowest BCUT2D eigenvalue weighted by molar-refractivity contribution is 0.0975. The highest BCUT2D eigenvalue weighted by atomic mass is 16.2. The van der Waals surface area contributed by atoms with Gasteiger partial charge in [-0.05, 0) is 81.6 Å². The SMILES string of the molecule is CN(C)C(N)=O.NC(=O)c1ncc(N2CCCCC2)nc1Nc1ccc(C2CCN(C3CCC3)CC2)cc1. The van der Waals surface area contributed by atoms with Gasteiger partial charge < -0.3 is 31.5 Å². The van der Waals surface area contributed by atoms with Gasteiger partial charge in [0.1, 0.15) is 5.82 Å². The van der Waals surface area contributed by atoms with Gasteiger partial charge >= 0.3 is 6.03 Å². The molecule has 3 heterocycles. The first kappa shape index (κ1) is 27.6. The van der Waals surface area contributed by atoms with Crippen LogP contribution in [0, 0.1) is 0 Å². The molecule has 1 aliphatic carbocycles. The average Bonchev–Trinajstić information content (AvgIpc) is 2.89. The van der Waals surface area contributed by atoms with Crippen LogP contribution in [0.25, 0.3) is 0 Å². The summed E-state index contributed by atoms with van der Waals surface area (Å²) in [6.45, 7) is 4.38. The summed E-state index contributed by atoms with van der Waals surface area (Å²) in [5, 5.41) is 3.29. The summed E-state index contributed by atoms with van der Waals surface area (Å²) in [6.07, 6.45) is 11.9. The average molecular weight is 523 g/mol. The smallest absolute Gasteiger partial charge is 0.314 e. The van der Waals surface area contributed by atoms with Crippen molar-refractivity contribution in [2.24, 2.45) is 11.5 Å². The Morgan fingerprint density at radius 1 is 0.921 bits per heavy atom. The van der Waals surface area contributed by atoms with Gasteiger partial charge in [0.15, 0.2) is 11.5 Å². The number of benzene rings is 1. The molecule has 1 aromatic heterocycles. The van der Waals surface area contributed by atoms with Crippen LogP contribution >= 0.6 is 0 Å². The summed E-state index contributed by atoms with van der Waals surface area (Å²) in [7, 11) is 3.20. The lowest BCUT2D eigenvalue weighted by Gasteiger charge is -2.42. The number of nitrogens with zero attached hydrogens (tertiary/aromatic N) is 5. The molecule has 206 valence electrons. The molecule has 0 unspecified atom stereocenters. The number of carbonyl (C=O) groups is 2. The fourth-order valence-electron chi connectivity index (χ4n) is 5.25. The zero-order valence-electron chi connectivity index (χ0n) is 22.7. The zero-order chi connectivity index (χ0) is 27.1. The van der Waals surface area contributed by atoms with Crippen LogP contribution in [0.1, 0.15) is 73.3 Å². The molecule has 3 aliphatic rings. The molecule has 3 amide bonds. The van der Waals surface area contributed by atoms with Crippen molar-refractivity contribution in [1.82, 2.24) is 19.8 Å². The fraction of sp³-hybridized carbons (Fsp3) is 0.571. The predicted octanol–water partition coefficient (Wildman–Crippen LogP) is 3.67. The quantitative estimate of drug-likeness (QED) is 0.527. The van der Waals surface area contributed by atoms with Crippen molar-refractivity contribution in [2.75, 3.05) is 50.5 Å². The van der Waals surface area contributed by atoms with Gasteiger partial charge in [0.05, 0.1) is 6.20 Å². The Bertz CT molecular complexity index is 1070. The first-order chi connectivity index (χ1) is 18.3. The maximum absolute atomic E-state index is 11.9. The minimum atomic E-state index is -0.569. The van der Waals surface area contributed by atoms with Gasteiger partial charge in [-0.15, -0.1) is 0 Å². The Labute approximate surface area is 225 Å². The van der Waals surface area contributed by atoms with Crippen LogP contribution in [0.15, 0.2) is 30.5 Å².